The molecule has 4 nitrogen and oxygen atoms in total. The summed E-state index contributed by atoms with van der Waals surface area (Å²) in [6, 6.07) is 28.6. The average Bonchev–Trinajstić information content (AvgIpc) is 3.52. The molecule has 0 N–H and O–H groups in total. The zero-order valence-electron chi connectivity index (χ0n) is 19.8. The minimum Gasteiger partial charge on any atom is -0.440 e. The Morgan fingerprint density at radius 1 is 0.912 bits per heavy atom. The van der Waals surface area contributed by atoms with Crippen molar-refractivity contribution < 1.29 is 9.21 Å². The summed E-state index contributed by atoms with van der Waals surface area (Å²) in [5.74, 6) is 2.42. The summed E-state index contributed by atoms with van der Waals surface area (Å²) in [5.41, 5.74) is 4.96. The Morgan fingerprint density at radius 2 is 1.62 bits per heavy atom. The molecule has 0 saturated heterocycles. The van der Waals surface area contributed by atoms with Crippen molar-refractivity contribution in [3.8, 4) is 22.6 Å². The third-order valence-corrected chi connectivity index (χ3v) is 6.78. The molecule has 0 spiro atoms. The third kappa shape index (κ3) is 4.54. The second-order valence-corrected chi connectivity index (χ2v) is 9.36. The summed E-state index contributed by atoms with van der Waals surface area (Å²) >= 11 is 0. The lowest BCUT2D eigenvalue weighted by molar-refractivity contribution is 0.0827. The Morgan fingerprint density at radius 3 is 2.32 bits per heavy atom. The highest BCUT2D eigenvalue weighted by Gasteiger charge is 2.33. The number of carbonyl (C=O) groups is 1. The summed E-state index contributed by atoms with van der Waals surface area (Å²) in [5, 5.41) is 0. The van der Waals surface area contributed by atoms with Crippen LogP contribution in [0.4, 0.5) is 0 Å². The van der Waals surface area contributed by atoms with Gasteiger partial charge in [0.2, 0.25) is 0 Å². The first-order valence-electron chi connectivity index (χ1n) is 12.0. The van der Waals surface area contributed by atoms with E-state index in [1.165, 1.54) is 5.56 Å². The molecule has 1 fully saturated rings. The molecule has 0 bridgehead atoms. The first-order valence-corrected chi connectivity index (χ1v) is 12.0. The van der Waals surface area contributed by atoms with Gasteiger partial charge in [-0.25, -0.2) is 4.98 Å². The van der Waals surface area contributed by atoms with Gasteiger partial charge in [-0.3, -0.25) is 4.79 Å². The van der Waals surface area contributed by atoms with E-state index in [1.807, 2.05) is 54.6 Å². The van der Waals surface area contributed by atoms with Crippen LogP contribution in [0.2, 0.25) is 0 Å². The fourth-order valence-corrected chi connectivity index (χ4v) is 5.07. The second kappa shape index (κ2) is 9.68. The maximum atomic E-state index is 12.4. The average molecular weight is 451 g/mol. The number of aromatic nitrogens is 1. The Labute approximate surface area is 201 Å². The lowest BCUT2D eigenvalue weighted by Gasteiger charge is -2.18. The van der Waals surface area contributed by atoms with Crippen LogP contribution in [0.15, 0.2) is 89.3 Å². The van der Waals surface area contributed by atoms with E-state index in [0.717, 1.165) is 59.7 Å². The van der Waals surface area contributed by atoms with Gasteiger partial charge < -0.3 is 9.32 Å². The molecule has 1 amide bonds. The van der Waals surface area contributed by atoms with Crippen molar-refractivity contribution in [2.75, 3.05) is 14.1 Å². The van der Waals surface area contributed by atoms with Crippen molar-refractivity contribution in [3.63, 3.8) is 0 Å². The van der Waals surface area contributed by atoms with Gasteiger partial charge in [0.15, 0.2) is 11.7 Å². The minimum absolute atomic E-state index is 0.0394. The monoisotopic (exact) mass is 450 g/mol. The lowest BCUT2D eigenvalue weighted by atomic mass is 9.89. The topological polar surface area (TPSA) is 46.3 Å². The predicted octanol–water partition coefficient (Wildman–Crippen LogP) is 6.84. The van der Waals surface area contributed by atoms with Crippen molar-refractivity contribution in [1.82, 2.24) is 9.88 Å². The molecule has 2 atom stereocenters. The van der Waals surface area contributed by atoms with Crippen LogP contribution in [0.3, 0.4) is 0 Å². The van der Waals surface area contributed by atoms with E-state index in [-0.39, 0.29) is 11.8 Å². The summed E-state index contributed by atoms with van der Waals surface area (Å²) < 4.78 is 6.53. The Kier molecular flexibility index (Phi) is 6.31. The van der Waals surface area contributed by atoms with Gasteiger partial charge in [-0.2, -0.15) is 0 Å². The smallest absolute Gasteiger partial charge is 0.253 e. The van der Waals surface area contributed by atoms with Crippen LogP contribution in [0.5, 0.6) is 0 Å². The van der Waals surface area contributed by atoms with Crippen LogP contribution in [-0.2, 0) is 6.42 Å². The van der Waals surface area contributed by atoms with Crippen molar-refractivity contribution in [2.45, 2.75) is 31.6 Å². The van der Waals surface area contributed by atoms with Crippen LogP contribution in [0.25, 0.3) is 22.6 Å². The maximum absolute atomic E-state index is 12.4. The molecule has 1 heterocycles. The van der Waals surface area contributed by atoms with Crippen LogP contribution in [0, 0.1) is 5.92 Å². The van der Waals surface area contributed by atoms with Gasteiger partial charge in [0, 0.05) is 36.7 Å². The Hall–Kier alpha value is -3.66. The van der Waals surface area contributed by atoms with E-state index in [4.69, 9.17) is 9.40 Å². The van der Waals surface area contributed by atoms with Gasteiger partial charge in [-0.15, -0.1) is 0 Å². The van der Waals surface area contributed by atoms with E-state index >= 15 is 0 Å². The zero-order valence-corrected chi connectivity index (χ0v) is 19.8. The quantitative estimate of drug-likeness (QED) is 0.323. The van der Waals surface area contributed by atoms with E-state index in [9.17, 15) is 4.79 Å². The van der Waals surface area contributed by atoms with E-state index in [2.05, 4.69) is 30.3 Å². The van der Waals surface area contributed by atoms with E-state index in [0.29, 0.717) is 5.92 Å². The van der Waals surface area contributed by atoms with Gasteiger partial charge >= 0.3 is 0 Å². The molecule has 1 saturated carbocycles. The number of benzene rings is 3. The fraction of sp³-hybridized carbons (Fsp3) is 0.267. The summed E-state index contributed by atoms with van der Waals surface area (Å²) in [6.07, 6.45) is 4.29. The molecule has 0 radical (unpaired) electrons. The van der Waals surface area contributed by atoms with Gasteiger partial charge in [0.25, 0.3) is 5.91 Å². The van der Waals surface area contributed by atoms with E-state index in [1.54, 1.807) is 19.0 Å². The van der Waals surface area contributed by atoms with Crippen LogP contribution >= 0.6 is 0 Å². The van der Waals surface area contributed by atoms with Crippen molar-refractivity contribution in [1.29, 1.82) is 0 Å². The Balaban J connectivity index is 1.46. The largest absolute Gasteiger partial charge is 0.440 e. The molecule has 34 heavy (non-hydrogen) atoms. The maximum Gasteiger partial charge on any atom is 0.253 e. The highest BCUT2D eigenvalue weighted by Crippen LogP contribution is 2.44. The standard InChI is InChI=1S/C30H30N2O2/c1-32(2)30(33)25-17-9-11-21(20-25)19-24-16-10-18-26(24)29-31-27(22-12-5-3-6-13-22)28(34-29)23-14-7-4-8-15-23/h3-9,11-15,17,20,24,26H,10,16,18-19H2,1-2H3/t24-,26+/m0/s1. The zero-order chi connectivity index (χ0) is 23.5. The SMILES string of the molecule is CN(C)C(=O)c1cccc(C[C@@H]2CCC[C@H]2c2nc(-c3ccccc3)c(-c3ccccc3)o2)c1. The van der Waals surface area contributed by atoms with E-state index < -0.39 is 0 Å². The molecule has 4 aromatic rings. The van der Waals surface area contributed by atoms with Crippen molar-refractivity contribution in [2.24, 2.45) is 5.92 Å². The summed E-state index contributed by atoms with van der Waals surface area (Å²) in [7, 11) is 3.58. The molecule has 1 aromatic heterocycles. The molecule has 0 aliphatic heterocycles. The Bertz CT molecular complexity index is 1200. The number of amides is 1. The number of rotatable bonds is 6. The number of nitrogens with zero attached hydrogens (tertiary/aromatic N) is 2. The van der Waals surface area contributed by atoms with Crippen molar-refractivity contribution >= 4 is 5.91 Å². The first-order chi connectivity index (χ1) is 16.6. The summed E-state index contributed by atoms with van der Waals surface area (Å²) in [6.45, 7) is 0. The second-order valence-electron chi connectivity index (χ2n) is 9.36. The van der Waals surface area contributed by atoms with Crippen molar-refractivity contribution in [3.05, 3.63) is 102 Å². The fourth-order valence-electron chi connectivity index (χ4n) is 5.07. The molecule has 3 aromatic carbocycles. The molecule has 5 rings (SSSR count). The minimum atomic E-state index is 0.0394. The normalized spacial score (nSPS) is 17.6. The highest BCUT2D eigenvalue weighted by atomic mass is 16.4. The molecular formula is C30H30N2O2. The van der Waals surface area contributed by atoms with Gasteiger partial charge in [-0.1, -0.05) is 79.2 Å². The molecule has 1 aliphatic rings. The molecule has 1 aliphatic carbocycles. The van der Waals surface area contributed by atoms with Crippen LogP contribution in [0.1, 0.15) is 47.0 Å². The highest BCUT2D eigenvalue weighted by molar-refractivity contribution is 5.94. The number of hydrogen-bond acceptors (Lipinski definition) is 3. The summed E-state index contributed by atoms with van der Waals surface area (Å²) in [4.78, 5) is 19.1. The third-order valence-electron chi connectivity index (χ3n) is 6.78. The number of carbonyl (C=O) groups excluding carboxylic acids is 1. The predicted molar refractivity (Wildman–Crippen MR) is 136 cm³/mol. The van der Waals surface area contributed by atoms with Crippen LogP contribution in [-0.4, -0.2) is 29.9 Å². The molecule has 172 valence electrons. The molecular weight excluding hydrogens is 420 g/mol. The van der Waals surface area contributed by atoms with Gasteiger partial charge in [0.05, 0.1) is 0 Å². The number of oxazole rings is 1. The molecule has 0 unspecified atom stereocenters. The van der Waals surface area contributed by atoms with Gasteiger partial charge in [0.1, 0.15) is 5.69 Å². The number of hydrogen-bond donors (Lipinski definition) is 0. The first kappa shape index (κ1) is 22.1. The van der Waals surface area contributed by atoms with Crippen LogP contribution < -0.4 is 0 Å². The lowest BCUT2D eigenvalue weighted by Crippen LogP contribution is -2.21. The molecule has 4 heteroatoms. The van der Waals surface area contributed by atoms with Gasteiger partial charge in [-0.05, 0) is 42.9 Å².